The first-order chi connectivity index (χ1) is 21.5. The summed E-state index contributed by atoms with van der Waals surface area (Å²) < 4.78 is 0. The van der Waals surface area contributed by atoms with Crippen molar-refractivity contribution in [1.29, 1.82) is 0 Å². The fraction of sp³-hybridized carbons (Fsp3) is 0.316. The molecule has 0 saturated carbocycles. The average molecular weight is 586 g/mol. The van der Waals surface area contributed by atoms with Crippen LogP contribution < -0.4 is 10.2 Å². The second-order valence-electron chi connectivity index (χ2n) is 12.5. The summed E-state index contributed by atoms with van der Waals surface area (Å²) >= 11 is 0. The average Bonchev–Trinajstić information content (AvgIpc) is 3.05. The molecule has 0 bridgehead atoms. The molecule has 224 valence electrons. The number of nitrogens with zero attached hydrogens (tertiary/aromatic N) is 2. The van der Waals surface area contributed by atoms with Gasteiger partial charge in [-0.15, -0.1) is 0 Å². The van der Waals surface area contributed by atoms with E-state index in [-0.39, 0.29) is 23.7 Å². The third-order valence-corrected chi connectivity index (χ3v) is 9.83. The quantitative estimate of drug-likeness (QED) is 0.268. The fourth-order valence-electron chi connectivity index (χ4n) is 7.46. The van der Waals surface area contributed by atoms with Gasteiger partial charge in [-0.2, -0.15) is 0 Å². The Morgan fingerprint density at radius 1 is 0.727 bits per heavy atom. The Labute approximate surface area is 259 Å². The molecule has 3 atom stereocenters. The molecule has 1 unspecified atom stereocenters. The first-order valence-corrected chi connectivity index (χ1v) is 15.9. The van der Waals surface area contributed by atoms with E-state index < -0.39 is 0 Å². The normalized spacial score (nSPS) is 22.4. The number of piperazine rings is 1. The molecule has 4 aromatic carbocycles. The summed E-state index contributed by atoms with van der Waals surface area (Å²) in [4.78, 5) is 28.7. The predicted octanol–water partition coefficient (Wildman–Crippen LogP) is 6.10. The summed E-state index contributed by atoms with van der Waals surface area (Å²) in [5.41, 5.74) is 8.78. The lowest BCUT2D eigenvalue weighted by Crippen LogP contribution is -2.46. The first kappa shape index (κ1) is 28.4. The van der Waals surface area contributed by atoms with Gasteiger partial charge in [0.05, 0.1) is 5.92 Å². The molecule has 3 aliphatic rings. The second kappa shape index (κ2) is 12.3. The Kier molecular flexibility index (Phi) is 7.92. The van der Waals surface area contributed by atoms with Gasteiger partial charge in [0.15, 0.2) is 0 Å². The number of hydrogen-bond acceptors (Lipinski definition) is 5. The Balaban J connectivity index is 1.00. The Bertz CT molecular complexity index is 1630. The second-order valence-corrected chi connectivity index (χ2v) is 12.5. The van der Waals surface area contributed by atoms with Gasteiger partial charge in [0.2, 0.25) is 11.8 Å². The number of carbonyl (C=O) groups excluding carboxylic acids is 2. The van der Waals surface area contributed by atoms with Gasteiger partial charge < -0.3 is 10.0 Å². The molecule has 2 heterocycles. The number of fused-ring (bicyclic) bond motifs is 1. The topological polar surface area (TPSA) is 72.9 Å². The van der Waals surface area contributed by atoms with Crippen LogP contribution >= 0.6 is 0 Å². The molecule has 2 amide bonds. The molecule has 7 rings (SSSR count). The van der Waals surface area contributed by atoms with Crippen molar-refractivity contribution in [2.24, 2.45) is 0 Å². The largest absolute Gasteiger partial charge is 0.508 e. The van der Waals surface area contributed by atoms with Crippen molar-refractivity contribution in [2.75, 3.05) is 31.1 Å². The molecular formula is C38H39N3O3. The third kappa shape index (κ3) is 5.87. The van der Waals surface area contributed by atoms with Gasteiger partial charge in [-0.1, -0.05) is 72.8 Å². The lowest BCUT2D eigenvalue weighted by atomic mass is 9.69. The maximum atomic E-state index is 12.2. The van der Waals surface area contributed by atoms with Crippen LogP contribution in [0.3, 0.4) is 0 Å². The first-order valence-electron chi connectivity index (χ1n) is 15.9. The number of carbonyl (C=O) groups is 2. The maximum Gasteiger partial charge on any atom is 0.234 e. The summed E-state index contributed by atoms with van der Waals surface area (Å²) in [6.07, 6.45) is 3.03. The molecule has 1 aliphatic carbocycles. The van der Waals surface area contributed by atoms with Crippen molar-refractivity contribution >= 4 is 17.5 Å². The number of benzene rings is 4. The van der Waals surface area contributed by atoms with Crippen molar-refractivity contribution in [3.05, 3.63) is 130 Å². The summed E-state index contributed by atoms with van der Waals surface area (Å²) in [6, 6.07) is 34.3. The zero-order valence-corrected chi connectivity index (χ0v) is 25.0. The number of imide groups is 1. The molecule has 0 aromatic heterocycles. The van der Waals surface area contributed by atoms with Crippen LogP contribution in [0.25, 0.3) is 0 Å². The van der Waals surface area contributed by atoms with Gasteiger partial charge in [-0.25, -0.2) is 0 Å². The van der Waals surface area contributed by atoms with E-state index >= 15 is 0 Å². The van der Waals surface area contributed by atoms with Crippen molar-refractivity contribution in [3.63, 3.8) is 0 Å². The Morgan fingerprint density at radius 2 is 1.45 bits per heavy atom. The van der Waals surface area contributed by atoms with Gasteiger partial charge in [-0.05, 0) is 82.8 Å². The number of anilines is 1. The zero-order chi connectivity index (χ0) is 30.0. The van der Waals surface area contributed by atoms with Crippen LogP contribution in [0.15, 0.2) is 97.1 Å². The number of aryl methyl sites for hydroxylation is 1. The number of rotatable bonds is 6. The molecule has 2 N–H and O–H groups in total. The third-order valence-electron chi connectivity index (χ3n) is 9.83. The highest BCUT2D eigenvalue weighted by Crippen LogP contribution is 2.47. The number of hydrogen-bond donors (Lipinski definition) is 2. The molecule has 2 aliphatic heterocycles. The van der Waals surface area contributed by atoms with E-state index in [0.717, 1.165) is 51.1 Å². The van der Waals surface area contributed by atoms with Gasteiger partial charge in [-0.3, -0.25) is 19.8 Å². The molecule has 6 heteroatoms. The number of aromatic hydroxyl groups is 1. The maximum absolute atomic E-state index is 12.2. The lowest BCUT2D eigenvalue weighted by molar-refractivity contribution is -0.134. The molecule has 4 aromatic rings. The van der Waals surface area contributed by atoms with E-state index in [0.29, 0.717) is 24.5 Å². The highest BCUT2D eigenvalue weighted by atomic mass is 16.3. The molecule has 2 fully saturated rings. The minimum absolute atomic E-state index is 0.174. The summed E-state index contributed by atoms with van der Waals surface area (Å²) in [5.74, 6) is 0.417. The number of phenols is 1. The van der Waals surface area contributed by atoms with Gasteiger partial charge >= 0.3 is 0 Å². The van der Waals surface area contributed by atoms with E-state index in [2.05, 4.69) is 87.9 Å². The minimum Gasteiger partial charge on any atom is -0.508 e. The minimum atomic E-state index is -0.234. The monoisotopic (exact) mass is 585 g/mol. The van der Waals surface area contributed by atoms with Crippen LogP contribution in [0.1, 0.15) is 70.4 Å². The van der Waals surface area contributed by atoms with Crippen LogP contribution in [-0.4, -0.2) is 48.0 Å². The molecular weight excluding hydrogens is 546 g/mol. The number of phenolic OH excluding ortho intramolecular Hbond substituents is 1. The molecule has 0 spiro atoms. The number of piperidine rings is 1. The van der Waals surface area contributed by atoms with Crippen molar-refractivity contribution < 1.29 is 14.7 Å². The summed E-state index contributed by atoms with van der Waals surface area (Å²) in [5, 5.41) is 12.6. The highest BCUT2D eigenvalue weighted by Gasteiger charge is 2.32. The SMILES string of the molecule is O=C1CCC(c2ccc(CN3CCN(c4ccc([C@@H]5c6ccc(O)cc6CC[C@@H]5c5ccccc5)cc4)CC3)cc2)C(=O)N1. The zero-order valence-electron chi connectivity index (χ0n) is 25.0. The van der Waals surface area contributed by atoms with Crippen molar-refractivity contribution in [3.8, 4) is 5.75 Å². The smallest absolute Gasteiger partial charge is 0.234 e. The van der Waals surface area contributed by atoms with E-state index in [1.165, 1.54) is 33.5 Å². The standard InChI is InChI=1S/C38H39N3O3/c42-32-15-17-34-30(24-32)12-16-33(27-4-2-1-3-5-27)37(34)29-10-13-31(14-11-29)41-22-20-40(21-23-41)25-26-6-8-28(9-7-26)35-18-19-36(43)39-38(35)44/h1-11,13-15,17,24,33,35,37,42H,12,16,18-23,25H2,(H,39,43,44)/t33-,35?,37+/m1/s1. The molecule has 44 heavy (non-hydrogen) atoms. The van der Waals surface area contributed by atoms with Crippen LogP contribution in [0, 0.1) is 0 Å². The Morgan fingerprint density at radius 3 is 2.18 bits per heavy atom. The van der Waals surface area contributed by atoms with Crippen molar-refractivity contribution in [1.82, 2.24) is 10.2 Å². The van der Waals surface area contributed by atoms with E-state index in [4.69, 9.17) is 0 Å². The fourth-order valence-corrected chi connectivity index (χ4v) is 7.46. The number of nitrogens with one attached hydrogen (secondary N) is 1. The van der Waals surface area contributed by atoms with Crippen LogP contribution in [0.5, 0.6) is 5.75 Å². The summed E-state index contributed by atoms with van der Waals surface area (Å²) in [6.45, 7) is 4.83. The van der Waals surface area contributed by atoms with Gasteiger partial charge in [0.1, 0.15) is 5.75 Å². The van der Waals surface area contributed by atoms with Gasteiger partial charge in [0, 0.05) is 50.7 Å². The highest BCUT2D eigenvalue weighted by molar-refractivity contribution is 6.00. The predicted molar refractivity (Wildman–Crippen MR) is 173 cm³/mol. The lowest BCUT2D eigenvalue weighted by Gasteiger charge is -2.37. The summed E-state index contributed by atoms with van der Waals surface area (Å²) in [7, 11) is 0. The van der Waals surface area contributed by atoms with Crippen LogP contribution in [0.2, 0.25) is 0 Å². The van der Waals surface area contributed by atoms with Crippen molar-refractivity contribution in [2.45, 2.75) is 50.0 Å². The number of amides is 2. The molecule has 6 nitrogen and oxygen atoms in total. The molecule has 0 radical (unpaired) electrons. The van der Waals surface area contributed by atoms with E-state index in [9.17, 15) is 14.7 Å². The van der Waals surface area contributed by atoms with Gasteiger partial charge in [0.25, 0.3) is 0 Å². The van der Waals surface area contributed by atoms with Crippen LogP contribution in [-0.2, 0) is 22.6 Å². The van der Waals surface area contributed by atoms with Crippen LogP contribution in [0.4, 0.5) is 5.69 Å². The molecule has 2 saturated heterocycles. The van der Waals surface area contributed by atoms with E-state index in [1.807, 2.05) is 24.3 Å². The Hall–Kier alpha value is -4.42. The van der Waals surface area contributed by atoms with E-state index in [1.54, 1.807) is 0 Å².